The number of hydrogen-bond donors (Lipinski definition) is 0. The number of nitrogens with zero attached hydrogens (tertiary/aromatic N) is 4. The van der Waals surface area contributed by atoms with Crippen LogP contribution in [0, 0.1) is 11.8 Å². The summed E-state index contributed by atoms with van der Waals surface area (Å²) in [7, 11) is 0. The molecule has 2 aliphatic rings. The number of benzene rings is 1. The van der Waals surface area contributed by atoms with Crippen molar-refractivity contribution in [1.82, 2.24) is 14.7 Å². The maximum atomic E-state index is 12.9. The van der Waals surface area contributed by atoms with E-state index in [9.17, 15) is 9.59 Å². The molecule has 0 saturated carbocycles. The van der Waals surface area contributed by atoms with Crippen LogP contribution in [-0.2, 0) is 11.3 Å². The molecule has 2 aliphatic heterocycles. The van der Waals surface area contributed by atoms with Crippen LogP contribution in [0.15, 0.2) is 47.4 Å². The fourth-order valence-electron chi connectivity index (χ4n) is 4.50. The summed E-state index contributed by atoms with van der Waals surface area (Å²) in [5.41, 5.74) is 1.82. The number of anilines is 1. The zero-order valence-electron chi connectivity index (χ0n) is 17.2. The molecule has 6 nitrogen and oxygen atoms in total. The van der Waals surface area contributed by atoms with Gasteiger partial charge in [0, 0.05) is 38.2 Å². The Morgan fingerprint density at radius 1 is 1.10 bits per heavy atom. The van der Waals surface area contributed by atoms with Gasteiger partial charge in [-0.1, -0.05) is 37.3 Å². The average molecular weight is 395 g/mol. The third-order valence-corrected chi connectivity index (χ3v) is 6.21. The molecule has 3 heterocycles. The summed E-state index contributed by atoms with van der Waals surface area (Å²) < 4.78 is 1.49. The van der Waals surface area contributed by atoms with Crippen molar-refractivity contribution >= 4 is 11.6 Å². The van der Waals surface area contributed by atoms with Gasteiger partial charge in [0.2, 0.25) is 5.91 Å². The van der Waals surface area contributed by atoms with E-state index in [2.05, 4.69) is 21.8 Å². The van der Waals surface area contributed by atoms with E-state index in [-0.39, 0.29) is 11.5 Å². The van der Waals surface area contributed by atoms with Gasteiger partial charge in [-0.05, 0) is 37.2 Å². The quantitative estimate of drug-likeness (QED) is 0.800. The highest BCUT2D eigenvalue weighted by Crippen LogP contribution is 2.25. The smallest absolute Gasteiger partial charge is 0.269 e. The highest BCUT2D eigenvalue weighted by Gasteiger charge is 2.30. The molecule has 4 rings (SSSR count). The molecule has 0 unspecified atom stereocenters. The van der Waals surface area contributed by atoms with Crippen molar-refractivity contribution in [2.75, 3.05) is 31.1 Å². The van der Waals surface area contributed by atoms with Gasteiger partial charge >= 0.3 is 0 Å². The fraction of sp³-hybridized carbons (Fsp3) is 0.522. The van der Waals surface area contributed by atoms with Crippen molar-refractivity contribution in [1.29, 1.82) is 0 Å². The van der Waals surface area contributed by atoms with Gasteiger partial charge in [0.1, 0.15) is 0 Å². The van der Waals surface area contributed by atoms with Gasteiger partial charge in [-0.25, -0.2) is 4.68 Å². The first-order valence-corrected chi connectivity index (χ1v) is 10.7. The second-order valence-corrected chi connectivity index (χ2v) is 8.49. The van der Waals surface area contributed by atoms with Crippen LogP contribution in [0.25, 0.3) is 0 Å². The van der Waals surface area contributed by atoms with Crippen molar-refractivity contribution in [2.45, 2.75) is 39.2 Å². The lowest BCUT2D eigenvalue weighted by atomic mass is 9.92. The van der Waals surface area contributed by atoms with E-state index < -0.39 is 0 Å². The molecule has 0 bridgehead atoms. The monoisotopic (exact) mass is 394 g/mol. The second-order valence-electron chi connectivity index (χ2n) is 8.49. The van der Waals surface area contributed by atoms with E-state index >= 15 is 0 Å². The Morgan fingerprint density at radius 2 is 1.86 bits per heavy atom. The predicted molar refractivity (Wildman–Crippen MR) is 114 cm³/mol. The highest BCUT2D eigenvalue weighted by atomic mass is 16.2. The molecular formula is C23H30N4O2. The van der Waals surface area contributed by atoms with Crippen LogP contribution >= 0.6 is 0 Å². The Labute approximate surface area is 172 Å². The van der Waals surface area contributed by atoms with Gasteiger partial charge in [0.25, 0.3) is 5.56 Å². The molecular weight excluding hydrogens is 364 g/mol. The minimum atomic E-state index is -0.0909. The highest BCUT2D eigenvalue weighted by molar-refractivity contribution is 5.79. The Hall–Kier alpha value is -2.63. The van der Waals surface area contributed by atoms with Gasteiger partial charge in [-0.3, -0.25) is 9.59 Å². The largest absolute Gasteiger partial charge is 0.370 e. The van der Waals surface area contributed by atoms with E-state index in [0.29, 0.717) is 18.4 Å². The van der Waals surface area contributed by atoms with Gasteiger partial charge in [0.15, 0.2) is 0 Å². The summed E-state index contributed by atoms with van der Waals surface area (Å²) >= 11 is 0. The van der Waals surface area contributed by atoms with Crippen molar-refractivity contribution in [2.24, 2.45) is 11.8 Å². The zero-order chi connectivity index (χ0) is 20.2. The average Bonchev–Trinajstić information content (AvgIpc) is 2.75. The normalized spacial score (nSPS) is 20.7. The standard InChI is InChI=1S/C23H30N4O2/c1-18-6-5-11-26(16-18)23(29)20-9-12-25(13-10-20)21-14-22(28)27(24-15-21)17-19-7-3-2-4-8-19/h2-4,7-8,14-15,18,20H,5-6,9-13,16-17H2,1H3/t18-/m0/s1. The zero-order valence-corrected chi connectivity index (χ0v) is 17.2. The van der Waals surface area contributed by atoms with Crippen LogP contribution < -0.4 is 10.5 Å². The van der Waals surface area contributed by atoms with E-state index in [1.165, 1.54) is 11.1 Å². The third-order valence-electron chi connectivity index (χ3n) is 6.21. The van der Waals surface area contributed by atoms with Gasteiger partial charge in [-0.2, -0.15) is 5.10 Å². The molecule has 1 aromatic heterocycles. The molecule has 29 heavy (non-hydrogen) atoms. The third kappa shape index (κ3) is 4.69. The number of amides is 1. The van der Waals surface area contributed by atoms with Gasteiger partial charge in [-0.15, -0.1) is 0 Å². The van der Waals surface area contributed by atoms with Crippen molar-refractivity contribution in [3.63, 3.8) is 0 Å². The maximum Gasteiger partial charge on any atom is 0.269 e. The molecule has 1 aromatic carbocycles. The van der Waals surface area contributed by atoms with E-state index in [1.54, 1.807) is 12.3 Å². The molecule has 1 amide bonds. The molecule has 6 heteroatoms. The minimum absolute atomic E-state index is 0.0909. The Kier molecular flexibility index (Phi) is 5.97. The van der Waals surface area contributed by atoms with E-state index in [1.807, 2.05) is 30.3 Å². The maximum absolute atomic E-state index is 12.9. The van der Waals surface area contributed by atoms with Crippen LogP contribution in [0.3, 0.4) is 0 Å². The molecule has 154 valence electrons. The summed E-state index contributed by atoms with van der Waals surface area (Å²) in [6, 6.07) is 11.5. The number of carbonyl (C=O) groups excluding carboxylic acids is 1. The lowest BCUT2D eigenvalue weighted by Crippen LogP contribution is -2.46. The molecule has 0 N–H and O–H groups in total. The van der Waals surface area contributed by atoms with E-state index in [0.717, 1.165) is 56.7 Å². The Balaban J connectivity index is 1.35. The van der Waals surface area contributed by atoms with Crippen LogP contribution in [0.1, 0.15) is 38.2 Å². The van der Waals surface area contributed by atoms with Crippen LogP contribution in [0.5, 0.6) is 0 Å². The number of likely N-dealkylation sites (tertiary alicyclic amines) is 1. The molecule has 1 atom stereocenters. The summed E-state index contributed by atoms with van der Waals surface area (Å²) in [6.07, 6.45) is 5.81. The molecule has 2 fully saturated rings. The molecule has 2 saturated heterocycles. The van der Waals surface area contributed by atoms with Crippen LogP contribution in [0.4, 0.5) is 5.69 Å². The molecule has 0 aliphatic carbocycles. The summed E-state index contributed by atoms with van der Waals surface area (Å²) in [6.45, 7) is 6.11. The van der Waals surface area contributed by atoms with Gasteiger partial charge in [0.05, 0.1) is 18.4 Å². The predicted octanol–water partition coefficient (Wildman–Crippen LogP) is 2.77. The van der Waals surface area contributed by atoms with E-state index in [4.69, 9.17) is 0 Å². The SMILES string of the molecule is C[C@H]1CCCN(C(=O)C2CCN(c3cnn(Cc4ccccc4)c(=O)c3)CC2)C1. The molecule has 0 radical (unpaired) electrons. The summed E-state index contributed by atoms with van der Waals surface area (Å²) in [4.78, 5) is 29.6. The van der Waals surface area contributed by atoms with Crippen molar-refractivity contribution in [3.05, 3.63) is 58.5 Å². The lowest BCUT2D eigenvalue weighted by molar-refractivity contribution is -0.137. The number of hydrogen-bond acceptors (Lipinski definition) is 4. The number of aromatic nitrogens is 2. The number of piperidine rings is 2. The first kappa shape index (κ1) is 19.7. The first-order chi connectivity index (χ1) is 14.1. The van der Waals surface area contributed by atoms with Crippen LogP contribution in [0.2, 0.25) is 0 Å². The summed E-state index contributed by atoms with van der Waals surface area (Å²) in [5.74, 6) is 1.05. The number of rotatable bonds is 4. The topological polar surface area (TPSA) is 58.4 Å². The fourth-order valence-corrected chi connectivity index (χ4v) is 4.50. The van der Waals surface area contributed by atoms with Crippen molar-refractivity contribution in [3.8, 4) is 0 Å². The lowest BCUT2D eigenvalue weighted by Gasteiger charge is -2.37. The summed E-state index contributed by atoms with van der Waals surface area (Å²) in [5, 5.41) is 4.37. The molecule has 0 spiro atoms. The minimum Gasteiger partial charge on any atom is -0.370 e. The number of carbonyl (C=O) groups is 1. The molecule has 2 aromatic rings. The Morgan fingerprint density at radius 3 is 2.55 bits per heavy atom. The van der Waals surface area contributed by atoms with Crippen molar-refractivity contribution < 1.29 is 4.79 Å². The Bertz CT molecular complexity index is 887. The van der Waals surface area contributed by atoms with Gasteiger partial charge < -0.3 is 9.80 Å². The first-order valence-electron chi connectivity index (χ1n) is 10.7. The van der Waals surface area contributed by atoms with Crippen LogP contribution in [-0.4, -0.2) is 46.8 Å². The second kappa shape index (κ2) is 8.80.